The van der Waals surface area contributed by atoms with Crippen molar-refractivity contribution in [2.24, 2.45) is 4.36 Å². The quantitative estimate of drug-likeness (QED) is 0.802. The van der Waals surface area contributed by atoms with Crippen LogP contribution < -0.4 is 4.90 Å². The molecule has 0 aromatic carbocycles. The van der Waals surface area contributed by atoms with Gasteiger partial charge in [-0.25, -0.2) is 14.2 Å². The molecule has 0 bridgehead atoms. The van der Waals surface area contributed by atoms with E-state index < -0.39 is 9.73 Å². The van der Waals surface area contributed by atoms with Crippen LogP contribution in [0.3, 0.4) is 0 Å². The Morgan fingerprint density at radius 2 is 2.11 bits per heavy atom. The molecule has 0 radical (unpaired) electrons. The highest BCUT2D eigenvalue weighted by Crippen LogP contribution is 2.32. The molecule has 1 aliphatic carbocycles. The standard InChI is InChI=1S/C19H25N5O2S/c1-13-4-5-15(11-20-13)19-21-17(23-27(3,25)16-6-7-16)10-18(22-19)24-8-9-26-12-14(24)2/h4-5,10-11,14,16H,6-9,12H2,1-3H3/t14-,27+/m1/s1. The predicted molar refractivity (Wildman–Crippen MR) is 107 cm³/mol. The topological polar surface area (TPSA) is 80.6 Å². The Morgan fingerprint density at radius 1 is 1.30 bits per heavy atom. The lowest BCUT2D eigenvalue weighted by molar-refractivity contribution is 0.0985. The highest BCUT2D eigenvalue weighted by molar-refractivity contribution is 7.93. The minimum Gasteiger partial charge on any atom is -0.377 e. The molecule has 2 aromatic rings. The number of hydrogen-bond acceptors (Lipinski definition) is 7. The number of morpholine rings is 1. The Bertz CT molecular complexity index is 949. The first-order valence-electron chi connectivity index (χ1n) is 9.30. The second-order valence-corrected chi connectivity index (χ2v) is 9.94. The summed E-state index contributed by atoms with van der Waals surface area (Å²) in [6.07, 6.45) is 5.46. The van der Waals surface area contributed by atoms with E-state index in [4.69, 9.17) is 9.72 Å². The lowest BCUT2D eigenvalue weighted by atomic mass is 10.2. The Labute approximate surface area is 160 Å². The zero-order valence-electron chi connectivity index (χ0n) is 16.0. The van der Waals surface area contributed by atoms with Crippen molar-refractivity contribution in [3.05, 3.63) is 30.1 Å². The van der Waals surface area contributed by atoms with Gasteiger partial charge in [0.25, 0.3) is 0 Å². The largest absolute Gasteiger partial charge is 0.377 e. The molecule has 2 aliphatic rings. The number of pyridine rings is 1. The van der Waals surface area contributed by atoms with Crippen molar-refractivity contribution in [1.29, 1.82) is 0 Å². The van der Waals surface area contributed by atoms with E-state index in [0.29, 0.717) is 24.9 Å². The van der Waals surface area contributed by atoms with E-state index in [9.17, 15) is 4.21 Å². The molecular formula is C19H25N5O2S. The smallest absolute Gasteiger partial charge is 0.167 e. The Kier molecular flexibility index (Phi) is 4.86. The van der Waals surface area contributed by atoms with Crippen LogP contribution in [-0.2, 0) is 14.5 Å². The molecule has 2 fully saturated rings. The molecule has 7 nitrogen and oxygen atoms in total. The molecule has 2 atom stereocenters. The van der Waals surface area contributed by atoms with Gasteiger partial charge in [-0.1, -0.05) is 0 Å². The van der Waals surface area contributed by atoms with Crippen LogP contribution in [0.25, 0.3) is 11.4 Å². The summed E-state index contributed by atoms with van der Waals surface area (Å²) in [6.45, 7) is 6.13. The molecule has 0 spiro atoms. The molecule has 1 aliphatic heterocycles. The first-order valence-corrected chi connectivity index (χ1v) is 11.3. The van der Waals surface area contributed by atoms with Crippen LogP contribution in [0.4, 0.5) is 11.6 Å². The van der Waals surface area contributed by atoms with E-state index in [0.717, 1.165) is 36.5 Å². The number of ether oxygens (including phenoxy) is 1. The van der Waals surface area contributed by atoms with Gasteiger partial charge >= 0.3 is 0 Å². The van der Waals surface area contributed by atoms with Crippen molar-refractivity contribution in [2.75, 3.05) is 30.9 Å². The Morgan fingerprint density at radius 3 is 2.78 bits per heavy atom. The number of aromatic nitrogens is 3. The minimum atomic E-state index is -2.28. The van der Waals surface area contributed by atoms with Gasteiger partial charge in [0.1, 0.15) is 5.82 Å². The summed E-state index contributed by atoms with van der Waals surface area (Å²) in [4.78, 5) is 15.9. The van der Waals surface area contributed by atoms with Crippen LogP contribution in [0.15, 0.2) is 28.8 Å². The molecule has 1 saturated heterocycles. The molecular weight excluding hydrogens is 362 g/mol. The lowest BCUT2D eigenvalue weighted by Crippen LogP contribution is -2.44. The molecule has 2 aromatic heterocycles. The van der Waals surface area contributed by atoms with Gasteiger partial charge in [-0.05, 0) is 38.8 Å². The van der Waals surface area contributed by atoms with Crippen LogP contribution in [0.1, 0.15) is 25.5 Å². The predicted octanol–water partition coefficient (Wildman–Crippen LogP) is 2.96. The van der Waals surface area contributed by atoms with Crippen LogP contribution in [0.2, 0.25) is 0 Å². The van der Waals surface area contributed by atoms with E-state index >= 15 is 0 Å². The van der Waals surface area contributed by atoms with Gasteiger partial charge in [0.05, 0.1) is 29.0 Å². The number of nitrogens with zero attached hydrogens (tertiary/aromatic N) is 5. The van der Waals surface area contributed by atoms with Crippen LogP contribution in [0, 0.1) is 6.92 Å². The molecule has 3 heterocycles. The highest BCUT2D eigenvalue weighted by Gasteiger charge is 2.31. The van der Waals surface area contributed by atoms with Gasteiger partial charge in [0.15, 0.2) is 11.6 Å². The van der Waals surface area contributed by atoms with Crippen molar-refractivity contribution in [1.82, 2.24) is 15.0 Å². The van der Waals surface area contributed by atoms with Gasteiger partial charge in [-0.15, -0.1) is 0 Å². The number of aryl methyl sites for hydroxylation is 1. The first-order chi connectivity index (χ1) is 12.9. The molecule has 0 unspecified atom stereocenters. The second-order valence-electron chi connectivity index (χ2n) is 7.37. The maximum atomic E-state index is 12.9. The van der Waals surface area contributed by atoms with Gasteiger partial charge in [-0.2, -0.15) is 4.36 Å². The molecule has 0 amide bonds. The average molecular weight is 388 g/mol. The zero-order chi connectivity index (χ0) is 19.0. The van der Waals surface area contributed by atoms with Gasteiger partial charge in [0.2, 0.25) is 0 Å². The summed E-state index contributed by atoms with van der Waals surface area (Å²) in [5.74, 6) is 1.83. The van der Waals surface area contributed by atoms with E-state index in [1.807, 2.05) is 25.1 Å². The molecule has 27 heavy (non-hydrogen) atoms. The normalized spacial score (nSPS) is 22.3. The van der Waals surface area contributed by atoms with Crippen molar-refractivity contribution < 1.29 is 8.95 Å². The fourth-order valence-electron chi connectivity index (χ4n) is 3.18. The summed E-state index contributed by atoms with van der Waals surface area (Å²) in [7, 11) is -2.28. The van der Waals surface area contributed by atoms with Gasteiger partial charge in [-0.3, -0.25) is 4.98 Å². The SMILES string of the molecule is Cc1ccc(-c2nc(N=[S@@](C)(=O)C3CC3)cc(N3CCOC[C@H]3C)n2)cn1. The van der Waals surface area contributed by atoms with E-state index in [1.54, 1.807) is 12.5 Å². The third-order valence-corrected chi connectivity index (χ3v) is 7.21. The van der Waals surface area contributed by atoms with Crippen LogP contribution in [-0.4, -0.2) is 56.5 Å². The summed E-state index contributed by atoms with van der Waals surface area (Å²) < 4.78 is 23.0. The van der Waals surface area contributed by atoms with Crippen molar-refractivity contribution in [3.63, 3.8) is 0 Å². The van der Waals surface area contributed by atoms with E-state index in [-0.39, 0.29) is 11.3 Å². The number of hydrogen-bond donors (Lipinski definition) is 0. The third-order valence-electron chi connectivity index (χ3n) is 4.95. The second kappa shape index (κ2) is 7.16. The summed E-state index contributed by atoms with van der Waals surface area (Å²) in [5, 5.41) is 0.183. The Balaban J connectivity index is 1.80. The van der Waals surface area contributed by atoms with E-state index in [1.165, 1.54) is 0 Å². The van der Waals surface area contributed by atoms with Gasteiger partial charge < -0.3 is 9.64 Å². The minimum absolute atomic E-state index is 0.183. The van der Waals surface area contributed by atoms with Gasteiger partial charge in [0, 0.05) is 41.6 Å². The average Bonchev–Trinajstić information content (AvgIpc) is 3.48. The summed E-state index contributed by atoms with van der Waals surface area (Å²) >= 11 is 0. The fourth-order valence-corrected chi connectivity index (χ4v) is 4.80. The third kappa shape index (κ3) is 4.11. The number of rotatable bonds is 4. The summed E-state index contributed by atoms with van der Waals surface area (Å²) in [6, 6.07) is 5.95. The maximum Gasteiger partial charge on any atom is 0.167 e. The fraction of sp³-hybridized carbons (Fsp3) is 0.526. The number of anilines is 1. The van der Waals surface area contributed by atoms with Crippen molar-refractivity contribution >= 4 is 21.4 Å². The zero-order valence-corrected chi connectivity index (χ0v) is 16.8. The maximum absolute atomic E-state index is 12.9. The summed E-state index contributed by atoms with van der Waals surface area (Å²) in [5.41, 5.74) is 1.76. The first kappa shape index (κ1) is 18.3. The van der Waals surface area contributed by atoms with Crippen LogP contribution >= 0.6 is 0 Å². The van der Waals surface area contributed by atoms with Crippen molar-refractivity contribution in [3.8, 4) is 11.4 Å². The Hall–Kier alpha value is -2.06. The highest BCUT2D eigenvalue weighted by atomic mass is 32.2. The van der Waals surface area contributed by atoms with E-state index in [2.05, 4.69) is 26.2 Å². The molecule has 1 saturated carbocycles. The molecule has 4 rings (SSSR count). The van der Waals surface area contributed by atoms with Crippen LogP contribution in [0.5, 0.6) is 0 Å². The molecule has 144 valence electrons. The lowest BCUT2D eigenvalue weighted by Gasteiger charge is -2.34. The van der Waals surface area contributed by atoms with Crippen molar-refractivity contribution in [2.45, 2.75) is 38.0 Å². The molecule has 0 N–H and O–H groups in total. The monoisotopic (exact) mass is 387 g/mol. The molecule has 8 heteroatoms.